The van der Waals surface area contributed by atoms with Gasteiger partial charge in [0.05, 0.1) is 11.1 Å². The number of hydrogen-bond donors (Lipinski definition) is 1. The molecule has 3 aromatic rings. The number of aromatic nitrogens is 1. The van der Waals surface area contributed by atoms with Gasteiger partial charge in [0, 0.05) is 30.3 Å². The lowest BCUT2D eigenvalue weighted by Gasteiger charge is -2.10. The lowest BCUT2D eigenvalue weighted by atomic mass is 10.1. The highest BCUT2D eigenvalue weighted by Crippen LogP contribution is 2.28. The summed E-state index contributed by atoms with van der Waals surface area (Å²) in [7, 11) is 0. The van der Waals surface area contributed by atoms with E-state index in [0.717, 1.165) is 10.9 Å². The first-order valence-corrected chi connectivity index (χ1v) is 7.07. The van der Waals surface area contributed by atoms with Gasteiger partial charge in [-0.15, -0.1) is 0 Å². The molecular formula is C18H12N2O4. The van der Waals surface area contributed by atoms with Crippen molar-refractivity contribution in [3.05, 3.63) is 59.8 Å². The van der Waals surface area contributed by atoms with Crippen molar-refractivity contribution in [1.29, 1.82) is 5.26 Å². The van der Waals surface area contributed by atoms with Gasteiger partial charge >= 0.3 is 11.9 Å². The molecule has 0 aliphatic carbocycles. The minimum Gasteiger partial charge on any atom is -0.478 e. The fourth-order valence-corrected chi connectivity index (χ4v) is 2.56. The summed E-state index contributed by atoms with van der Waals surface area (Å²) < 4.78 is 6.77. The van der Waals surface area contributed by atoms with E-state index in [9.17, 15) is 20.0 Å². The number of nitriles is 1. The van der Waals surface area contributed by atoms with Crippen molar-refractivity contribution in [2.24, 2.45) is 0 Å². The Balaban J connectivity index is 2.22. The molecule has 3 rings (SSSR count). The second kappa shape index (κ2) is 5.89. The van der Waals surface area contributed by atoms with Crippen molar-refractivity contribution in [3.63, 3.8) is 0 Å². The van der Waals surface area contributed by atoms with E-state index in [2.05, 4.69) is 6.07 Å². The maximum Gasteiger partial charge on any atom is 0.339 e. The van der Waals surface area contributed by atoms with Gasteiger partial charge in [-0.2, -0.15) is 5.26 Å². The van der Waals surface area contributed by atoms with Crippen molar-refractivity contribution >= 4 is 22.8 Å². The fraction of sp³-hybridized carbons (Fsp3) is 0.0556. The molecule has 1 N–H and O–H groups in total. The third-order valence-corrected chi connectivity index (χ3v) is 3.56. The zero-order valence-electron chi connectivity index (χ0n) is 12.7. The van der Waals surface area contributed by atoms with Crippen molar-refractivity contribution in [2.75, 3.05) is 0 Å². The van der Waals surface area contributed by atoms with Crippen LogP contribution >= 0.6 is 0 Å². The summed E-state index contributed by atoms with van der Waals surface area (Å²) in [5, 5.41) is 19.3. The monoisotopic (exact) mass is 320 g/mol. The van der Waals surface area contributed by atoms with Crippen LogP contribution in [0.3, 0.4) is 0 Å². The van der Waals surface area contributed by atoms with Crippen LogP contribution in [0.4, 0.5) is 0 Å². The third kappa shape index (κ3) is 2.59. The molecule has 0 fully saturated rings. The Kier molecular flexibility index (Phi) is 3.76. The van der Waals surface area contributed by atoms with Gasteiger partial charge in [-0.1, -0.05) is 18.2 Å². The predicted octanol–water partition coefficient (Wildman–Crippen LogP) is 3.13. The van der Waals surface area contributed by atoms with Gasteiger partial charge in [-0.3, -0.25) is 4.79 Å². The van der Waals surface area contributed by atoms with Gasteiger partial charge in [0.25, 0.3) is 0 Å². The molecule has 6 heteroatoms. The van der Waals surface area contributed by atoms with Crippen LogP contribution in [0.5, 0.6) is 5.75 Å². The Bertz CT molecular complexity index is 1010. The van der Waals surface area contributed by atoms with Crippen molar-refractivity contribution < 1.29 is 19.4 Å². The number of benzene rings is 2. The van der Waals surface area contributed by atoms with Crippen molar-refractivity contribution in [1.82, 2.24) is 4.57 Å². The third-order valence-electron chi connectivity index (χ3n) is 3.56. The number of hydrogen-bond acceptors (Lipinski definition) is 4. The standard InChI is InChI=1S/C18H12N2O4/c1-11(21)24-17-8-13(6-7-15(17)18(22)23)20-10-12(9-19)14-4-2-3-5-16(14)20/h2-8,10H,1H3,(H,22,23). The molecule has 0 spiro atoms. The fourth-order valence-electron chi connectivity index (χ4n) is 2.56. The van der Waals surface area contributed by atoms with E-state index in [1.165, 1.54) is 19.1 Å². The highest BCUT2D eigenvalue weighted by Gasteiger charge is 2.16. The second-order valence-corrected chi connectivity index (χ2v) is 5.12. The molecule has 0 amide bonds. The molecule has 0 aliphatic heterocycles. The number of ether oxygens (including phenoxy) is 1. The predicted molar refractivity (Wildman–Crippen MR) is 86.3 cm³/mol. The molecule has 0 saturated heterocycles. The number of fused-ring (bicyclic) bond motifs is 1. The summed E-state index contributed by atoms with van der Waals surface area (Å²) in [5.74, 6) is -1.83. The van der Waals surface area contributed by atoms with Gasteiger partial charge in [-0.25, -0.2) is 4.79 Å². The van der Waals surface area contributed by atoms with E-state index in [-0.39, 0.29) is 11.3 Å². The number of rotatable bonds is 3. The van der Waals surface area contributed by atoms with E-state index < -0.39 is 11.9 Å². The Morgan fingerprint density at radius 2 is 1.96 bits per heavy atom. The average molecular weight is 320 g/mol. The van der Waals surface area contributed by atoms with Crippen LogP contribution in [-0.2, 0) is 4.79 Å². The number of carbonyl (C=O) groups is 2. The molecule has 24 heavy (non-hydrogen) atoms. The Labute approximate surface area is 137 Å². The molecule has 1 aromatic heterocycles. The van der Waals surface area contributed by atoms with Crippen LogP contribution in [0.2, 0.25) is 0 Å². The molecule has 118 valence electrons. The van der Waals surface area contributed by atoms with Crippen LogP contribution in [0.25, 0.3) is 16.6 Å². The van der Waals surface area contributed by atoms with Crippen LogP contribution in [0, 0.1) is 11.3 Å². The largest absolute Gasteiger partial charge is 0.478 e. The number of carboxylic acids is 1. The Morgan fingerprint density at radius 3 is 2.62 bits per heavy atom. The number of esters is 1. The van der Waals surface area contributed by atoms with E-state index in [1.807, 2.05) is 24.3 Å². The van der Waals surface area contributed by atoms with Gasteiger partial charge in [-0.05, 0) is 18.2 Å². The summed E-state index contributed by atoms with van der Waals surface area (Å²) in [6.45, 7) is 1.21. The van der Waals surface area contributed by atoms with Gasteiger partial charge in [0.2, 0.25) is 0 Å². The molecule has 0 bridgehead atoms. The summed E-state index contributed by atoms with van der Waals surface area (Å²) in [4.78, 5) is 22.5. The highest BCUT2D eigenvalue weighted by atomic mass is 16.5. The lowest BCUT2D eigenvalue weighted by molar-refractivity contribution is -0.131. The van der Waals surface area contributed by atoms with E-state index in [0.29, 0.717) is 11.3 Å². The first-order chi connectivity index (χ1) is 11.5. The number of nitrogens with zero attached hydrogens (tertiary/aromatic N) is 2. The molecule has 1 heterocycles. The molecule has 2 aromatic carbocycles. The van der Waals surface area contributed by atoms with Gasteiger partial charge in [0.1, 0.15) is 17.4 Å². The molecule has 0 saturated carbocycles. The topological polar surface area (TPSA) is 92.3 Å². The molecule has 6 nitrogen and oxygen atoms in total. The summed E-state index contributed by atoms with van der Waals surface area (Å²) in [6.07, 6.45) is 1.66. The summed E-state index contributed by atoms with van der Waals surface area (Å²) in [6, 6.07) is 14.0. The van der Waals surface area contributed by atoms with E-state index in [4.69, 9.17) is 4.74 Å². The molecule has 0 unspecified atom stereocenters. The lowest BCUT2D eigenvalue weighted by Crippen LogP contribution is -2.08. The zero-order valence-corrected chi connectivity index (χ0v) is 12.7. The Hall–Kier alpha value is -3.59. The average Bonchev–Trinajstić information content (AvgIpc) is 2.93. The number of para-hydroxylation sites is 1. The highest BCUT2D eigenvalue weighted by molar-refractivity contribution is 5.93. The molecule has 0 atom stereocenters. The molecule has 0 aliphatic rings. The number of aromatic carboxylic acids is 1. The minimum absolute atomic E-state index is 0.0382. The van der Waals surface area contributed by atoms with Crippen LogP contribution < -0.4 is 4.74 Å². The summed E-state index contributed by atoms with van der Waals surface area (Å²) >= 11 is 0. The van der Waals surface area contributed by atoms with Crippen molar-refractivity contribution in [2.45, 2.75) is 6.92 Å². The minimum atomic E-state index is -1.19. The quantitative estimate of drug-likeness (QED) is 0.591. The van der Waals surface area contributed by atoms with E-state index in [1.54, 1.807) is 16.8 Å². The van der Waals surface area contributed by atoms with E-state index >= 15 is 0 Å². The summed E-state index contributed by atoms with van der Waals surface area (Å²) in [5.41, 5.74) is 1.78. The van der Waals surface area contributed by atoms with Crippen LogP contribution in [-0.4, -0.2) is 21.6 Å². The van der Waals surface area contributed by atoms with Gasteiger partial charge < -0.3 is 14.4 Å². The first-order valence-electron chi connectivity index (χ1n) is 7.07. The SMILES string of the molecule is CC(=O)Oc1cc(-n2cc(C#N)c3ccccc32)ccc1C(=O)O. The second-order valence-electron chi connectivity index (χ2n) is 5.12. The zero-order chi connectivity index (χ0) is 17.3. The van der Waals surface area contributed by atoms with Gasteiger partial charge in [0.15, 0.2) is 0 Å². The number of carboxylic acid groups (broad SMARTS) is 1. The molecule has 0 radical (unpaired) electrons. The smallest absolute Gasteiger partial charge is 0.339 e. The maximum absolute atomic E-state index is 11.3. The first kappa shape index (κ1) is 15.3. The normalized spacial score (nSPS) is 10.3. The maximum atomic E-state index is 11.3. The molecular weight excluding hydrogens is 308 g/mol. The van der Waals surface area contributed by atoms with Crippen LogP contribution in [0.15, 0.2) is 48.7 Å². The van der Waals surface area contributed by atoms with Crippen LogP contribution in [0.1, 0.15) is 22.8 Å². The number of carbonyl (C=O) groups excluding carboxylic acids is 1. The van der Waals surface area contributed by atoms with Crippen molar-refractivity contribution in [3.8, 4) is 17.5 Å². The Morgan fingerprint density at radius 1 is 1.21 bits per heavy atom.